The van der Waals surface area contributed by atoms with Crippen LogP contribution >= 0.6 is 39.1 Å². The minimum atomic E-state index is 0.329. The summed E-state index contributed by atoms with van der Waals surface area (Å²) < 4.78 is 6.48. The van der Waals surface area contributed by atoms with E-state index in [1.165, 1.54) is 0 Å². The van der Waals surface area contributed by atoms with Gasteiger partial charge in [-0.05, 0) is 40.2 Å². The lowest BCUT2D eigenvalue weighted by Gasteiger charge is -2.09. The third-order valence-electron chi connectivity index (χ3n) is 2.16. The summed E-state index contributed by atoms with van der Waals surface area (Å²) in [6, 6.07) is 6.82. The van der Waals surface area contributed by atoms with Crippen LogP contribution in [0.5, 0.6) is 11.6 Å². The molecule has 3 nitrogen and oxygen atoms in total. The van der Waals surface area contributed by atoms with Crippen LogP contribution in [-0.2, 0) is 6.54 Å². The number of hydrogen-bond acceptors (Lipinski definition) is 3. The standard InChI is InChI=1S/C12H9BrCl2N2O/c13-8-1-7(5-16)12(17-6-8)18-11-3-9(14)2-10(15)4-11/h1-4,6H,5,16H2. The first-order chi connectivity index (χ1) is 8.58. The van der Waals surface area contributed by atoms with Crippen LogP contribution in [0.25, 0.3) is 0 Å². The maximum Gasteiger partial charge on any atom is 0.223 e. The Morgan fingerprint density at radius 2 is 1.83 bits per heavy atom. The molecule has 0 unspecified atom stereocenters. The minimum Gasteiger partial charge on any atom is -0.439 e. The molecule has 0 radical (unpaired) electrons. The van der Waals surface area contributed by atoms with Crippen LogP contribution in [0, 0.1) is 0 Å². The van der Waals surface area contributed by atoms with Crippen LogP contribution in [0.15, 0.2) is 34.9 Å². The number of aromatic nitrogens is 1. The first-order valence-electron chi connectivity index (χ1n) is 5.07. The molecule has 1 aromatic heterocycles. The molecule has 1 heterocycles. The Hall–Kier alpha value is -0.810. The molecule has 0 spiro atoms. The van der Waals surface area contributed by atoms with Gasteiger partial charge in [0.05, 0.1) is 0 Å². The Kier molecular flexibility index (Phi) is 4.45. The molecular weight excluding hydrogens is 339 g/mol. The zero-order valence-corrected chi connectivity index (χ0v) is 12.3. The Morgan fingerprint density at radius 1 is 1.17 bits per heavy atom. The summed E-state index contributed by atoms with van der Waals surface area (Å²) in [5.74, 6) is 0.969. The number of ether oxygens (including phenoxy) is 1. The van der Waals surface area contributed by atoms with Gasteiger partial charge in [-0.2, -0.15) is 0 Å². The number of nitrogens with zero attached hydrogens (tertiary/aromatic N) is 1. The maximum absolute atomic E-state index is 5.90. The summed E-state index contributed by atoms with van der Waals surface area (Å²) >= 11 is 15.1. The van der Waals surface area contributed by atoms with E-state index in [0.717, 1.165) is 10.0 Å². The van der Waals surface area contributed by atoms with Crippen molar-refractivity contribution in [2.75, 3.05) is 0 Å². The first-order valence-corrected chi connectivity index (χ1v) is 6.62. The third-order valence-corrected chi connectivity index (χ3v) is 3.03. The molecule has 2 aromatic rings. The highest BCUT2D eigenvalue weighted by Gasteiger charge is 2.07. The van der Waals surface area contributed by atoms with Gasteiger partial charge >= 0.3 is 0 Å². The molecule has 0 aliphatic heterocycles. The highest BCUT2D eigenvalue weighted by atomic mass is 79.9. The van der Waals surface area contributed by atoms with Gasteiger partial charge in [0.1, 0.15) is 5.75 Å². The predicted octanol–water partition coefficient (Wildman–Crippen LogP) is 4.40. The smallest absolute Gasteiger partial charge is 0.223 e. The average molecular weight is 348 g/mol. The van der Waals surface area contributed by atoms with Gasteiger partial charge in [0.2, 0.25) is 5.88 Å². The van der Waals surface area contributed by atoms with E-state index in [1.807, 2.05) is 6.07 Å². The number of halogens is 3. The normalized spacial score (nSPS) is 10.4. The second-order valence-corrected chi connectivity index (χ2v) is 5.32. The van der Waals surface area contributed by atoms with Crippen LogP contribution in [0.4, 0.5) is 0 Å². The van der Waals surface area contributed by atoms with E-state index in [9.17, 15) is 0 Å². The number of rotatable bonds is 3. The van der Waals surface area contributed by atoms with Crippen molar-refractivity contribution in [3.05, 3.63) is 50.5 Å². The molecule has 0 amide bonds. The minimum absolute atomic E-state index is 0.329. The Bertz CT molecular complexity index is 558. The van der Waals surface area contributed by atoms with Crippen LogP contribution in [0.1, 0.15) is 5.56 Å². The van der Waals surface area contributed by atoms with E-state index in [0.29, 0.717) is 28.2 Å². The van der Waals surface area contributed by atoms with Crippen molar-refractivity contribution >= 4 is 39.1 Å². The lowest BCUT2D eigenvalue weighted by Crippen LogP contribution is -2.01. The molecular formula is C12H9BrCl2N2O. The molecule has 18 heavy (non-hydrogen) atoms. The fourth-order valence-electron chi connectivity index (χ4n) is 1.41. The van der Waals surface area contributed by atoms with E-state index in [4.69, 9.17) is 33.7 Å². The molecule has 0 fully saturated rings. The number of benzene rings is 1. The highest BCUT2D eigenvalue weighted by Crippen LogP contribution is 2.29. The third kappa shape index (κ3) is 3.36. The molecule has 0 atom stereocenters. The second-order valence-electron chi connectivity index (χ2n) is 3.53. The van der Waals surface area contributed by atoms with Gasteiger partial charge in [0.25, 0.3) is 0 Å². The quantitative estimate of drug-likeness (QED) is 0.894. The lowest BCUT2D eigenvalue weighted by molar-refractivity contribution is 0.456. The summed E-state index contributed by atoms with van der Waals surface area (Å²) in [6.45, 7) is 0.329. The molecule has 0 saturated heterocycles. The van der Waals surface area contributed by atoms with Gasteiger partial charge in [-0.1, -0.05) is 23.2 Å². The largest absolute Gasteiger partial charge is 0.439 e. The molecule has 1 aromatic carbocycles. The van der Waals surface area contributed by atoms with E-state index in [1.54, 1.807) is 24.4 Å². The van der Waals surface area contributed by atoms with Crippen LogP contribution in [-0.4, -0.2) is 4.98 Å². The Balaban J connectivity index is 2.33. The average Bonchev–Trinajstić information content (AvgIpc) is 2.30. The van der Waals surface area contributed by atoms with Gasteiger partial charge in [-0.25, -0.2) is 4.98 Å². The van der Waals surface area contributed by atoms with E-state index < -0.39 is 0 Å². The summed E-state index contributed by atoms with van der Waals surface area (Å²) in [7, 11) is 0. The summed E-state index contributed by atoms with van der Waals surface area (Å²) in [5, 5.41) is 1.01. The number of hydrogen-bond donors (Lipinski definition) is 1. The molecule has 0 saturated carbocycles. The van der Waals surface area contributed by atoms with Crippen molar-refractivity contribution in [1.29, 1.82) is 0 Å². The Labute approximate surface area is 123 Å². The summed E-state index contributed by atoms with van der Waals surface area (Å²) in [6.07, 6.45) is 1.64. The number of nitrogens with two attached hydrogens (primary N) is 1. The van der Waals surface area contributed by atoms with E-state index in [2.05, 4.69) is 20.9 Å². The molecule has 6 heteroatoms. The number of pyridine rings is 1. The molecule has 2 N–H and O–H groups in total. The second kappa shape index (κ2) is 5.89. The van der Waals surface area contributed by atoms with Gasteiger partial charge in [0.15, 0.2) is 0 Å². The van der Waals surface area contributed by atoms with Crippen LogP contribution < -0.4 is 10.5 Å². The zero-order valence-electron chi connectivity index (χ0n) is 9.16. The van der Waals surface area contributed by atoms with Crippen molar-refractivity contribution in [1.82, 2.24) is 4.98 Å². The van der Waals surface area contributed by atoms with Crippen molar-refractivity contribution in [2.45, 2.75) is 6.54 Å². The van der Waals surface area contributed by atoms with Crippen molar-refractivity contribution in [2.24, 2.45) is 5.73 Å². The molecule has 0 aliphatic carbocycles. The van der Waals surface area contributed by atoms with Crippen LogP contribution in [0.3, 0.4) is 0 Å². The monoisotopic (exact) mass is 346 g/mol. The van der Waals surface area contributed by atoms with E-state index in [-0.39, 0.29) is 0 Å². The van der Waals surface area contributed by atoms with Gasteiger partial charge < -0.3 is 10.5 Å². The molecule has 0 aliphatic rings. The zero-order chi connectivity index (χ0) is 13.1. The van der Waals surface area contributed by atoms with Crippen molar-refractivity contribution in [3.63, 3.8) is 0 Å². The lowest BCUT2D eigenvalue weighted by atomic mass is 10.3. The highest BCUT2D eigenvalue weighted by molar-refractivity contribution is 9.10. The fraction of sp³-hybridized carbons (Fsp3) is 0.0833. The fourth-order valence-corrected chi connectivity index (χ4v) is 2.29. The molecule has 0 bridgehead atoms. The first kappa shape index (κ1) is 13.6. The maximum atomic E-state index is 5.90. The topological polar surface area (TPSA) is 48.1 Å². The predicted molar refractivity (Wildman–Crippen MR) is 76.4 cm³/mol. The van der Waals surface area contributed by atoms with Crippen LogP contribution in [0.2, 0.25) is 10.0 Å². The van der Waals surface area contributed by atoms with Crippen molar-refractivity contribution < 1.29 is 4.74 Å². The molecule has 94 valence electrons. The van der Waals surface area contributed by atoms with Gasteiger partial charge in [0, 0.05) is 32.8 Å². The summed E-state index contributed by atoms with van der Waals surface area (Å²) in [5.41, 5.74) is 6.43. The van der Waals surface area contributed by atoms with Crippen molar-refractivity contribution in [3.8, 4) is 11.6 Å². The van der Waals surface area contributed by atoms with Gasteiger partial charge in [-0.15, -0.1) is 0 Å². The summed E-state index contributed by atoms with van der Waals surface area (Å²) in [4.78, 5) is 4.17. The Morgan fingerprint density at radius 3 is 2.44 bits per heavy atom. The van der Waals surface area contributed by atoms with E-state index >= 15 is 0 Å². The molecule has 2 rings (SSSR count). The van der Waals surface area contributed by atoms with Gasteiger partial charge in [-0.3, -0.25) is 0 Å². The SMILES string of the molecule is NCc1cc(Br)cnc1Oc1cc(Cl)cc(Cl)c1.